The van der Waals surface area contributed by atoms with Crippen molar-refractivity contribution in [2.45, 2.75) is 13.3 Å². The van der Waals surface area contributed by atoms with E-state index in [1.807, 2.05) is 13.0 Å². The molecule has 1 aromatic heterocycles. The fraction of sp³-hybridized carbons (Fsp3) is 0.222. The summed E-state index contributed by atoms with van der Waals surface area (Å²) in [4.78, 5) is 18.9. The Bertz CT molecular complexity index is 280. The lowest BCUT2D eigenvalue weighted by atomic mass is 10.2. The van der Waals surface area contributed by atoms with Gasteiger partial charge in [-0.15, -0.1) is 0 Å². The third-order valence-electron chi connectivity index (χ3n) is 1.35. The Kier molecular flexibility index (Phi) is 3.14. The first-order chi connectivity index (χ1) is 5.84. The summed E-state index contributed by atoms with van der Waals surface area (Å²) in [6, 6.07) is 1.69. The summed E-state index contributed by atoms with van der Waals surface area (Å²) in [5.74, 6) is 0.240. The quantitative estimate of drug-likeness (QED) is 0.501. The number of allylic oxidation sites excluding steroid dienone is 2. The molecule has 0 saturated heterocycles. The monoisotopic (exact) mass is 162 g/mol. The predicted octanol–water partition coefficient (Wildman–Crippen LogP) is 1.63. The van der Waals surface area contributed by atoms with Crippen LogP contribution < -0.4 is 0 Å². The summed E-state index contributed by atoms with van der Waals surface area (Å²) in [7, 11) is 0. The first-order valence-corrected chi connectivity index (χ1v) is 3.76. The van der Waals surface area contributed by atoms with Crippen LogP contribution in [-0.4, -0.2) is 15.8 Å². The molecule has 0 fully saturated rings. The van der Waals surface area contributed by atoms with Gasteiger partial charge in [0.25, 0.3) is 0 Å². The van der Waals surface area contributed by atoms with Gasteiger partial charge in [-0.2, -0.15) is 0 Å². The van der Waals surface area contributed by atoms with Crippen LogP contribution in [0.4, 0.5) is 0 Å². The number of hydrogen-bond acceptors (Lipinski definition) is 3. The minimum atomic E-state index is -0.0475. The highest BCUT2D eigenvalue weighted by molar-refractivity contribution is 5.93. The minimum absolute atomic E-state index is 0.0475. The summed E-state index contributed by atoms with van der Waals surface area (Å²) < 4.78 is 0. The van der Waals surface area contributed by atoms with Gasteiger partial charge in [0.1, 0.15) is 0 Å². The fourth-order valence-corrected chi connectivity index (χ4v) is 0.759. The number of carbonyl (C=O) groups is 1. The zero-order chi connectivity index (χ0) is 8.81. The largest absolute Gasteiger partial charge is 0.290 e. The number of Topliss-reactive ketones (excluding diaryl/α,β-unsaturated/α-hetero) is 1. The Morgan fingerprint density at radius 2 is 2.17 bits per heavy atom. The van der Waals surface area contributed by atoms with Gasteiger partial charge in [0.2, 0.25) is 5.78 Å². The zero-order valence-electron chi connectivity index (χ0n) is 6.90. The van der Waals surface area contributed by atoms with Crippen molar-refractivity contribution in [2.24, 2.45) is 0 Å². The summed E-state index contributed by atoms with van der Waals surface area (Å²) in [5, 5.41) is 0. The van der Waals surface area contributed by atoms with Crippen molar-refractivity contribution < 1.29 is 4.79 Å². The van der Waals surface area contributed by atoms with Crippen molar-refractivity contribution in [1.29, 1.82) is 0 Å². The summed E-state index contributed by atoms with van der Waals surface area (Å²) in [5.41, 5.74) is 0. The van der Waals surface area contributed by atoms with Gasteiger partial charge in [-0.05, 0) is 13.0 Å². The molecule has 1 rings (SSSR count). The highest BCUT2D eigenvalue weighted by Crippen LogP contribution is 1.95. The number of ketones is 1. The normalized spacial score (nSPS) is 10.4. The van der Waals surface area contributed by atoms with E-state index < -0.39 is 0 Å². The second-order valence-corrected chi connectivity index (χ2v) is 2.27. The van der Waals surface area contributed by atoms with E-state index >= 15 is 0 Å². The number of rotatable bonds is 3. The Balaban J connectivity index is 2.66. The van der Waals surface area contributed by atoms with Gasteiger partial charge in [-0.3, -0.25) is 4.79 Å². The van der Waals surface area contributed by atoms with Crippen LogP contribution in [-0.2, 0) is 0 Å². The van der Waals surface area contributed by atoms with Crippen LogP contribution in [0.5, 0.6) is 0 Å². The molecule has 0 amide bonds. The molecule has 0 saturated carbocycles. The van der Waals surface area contributed by atoms with Crippen molar-refractivity contribution in [3.8, 4) is 0 Å². The molecule has 12 heavy (non-hydrogen) atoms. The SMILES string of the molecule is C/C=C/CC(=O)c1ncccn1. The molecule has 0 bridgehead atoms. The van der Waals surface area contributed by atoms with E-state index in [9.17, 15) is 4.79 Å². The second-order valence-electron chi connectivity index (χ2n) is 2.27. The van der Waals surface area contributed by atoms with E-state index in [1.54, 1.807) is 24.5 Å². The maximum Gasteiger partial charge on any atom is 0.203 e. The van der Waals surface area contributed by atoms with Gasteiger partial charge in [-0.25, -0.2) is 9.97 Å². The molecule has 0 radical (unpaired) electrons. The minimum Gasteiger partial charge on any atom is -0.290 e. The Hall–Kier alpha value is -1.51. The van der Waals surface area contributed by atoms with Crippen molar-refractivity contribution in [3.05, 3.63) is 36.4 Å². The van der Waals surface area contributed by atoms with Crippen LogP contribution >= 0.6 is 0 Å². The molecule has 1 heterocycles. The maximum absolute atomic E-state index is 11.2. The smallest absolute Gasteiger partial charge is 0.203 e. The second kappa shape index (κ2) is 4.38. The molecule has 0 aromatic carbocycles. The molecule has 1 aromatic rings. The first-order valence-electron chi connectivity index (χ1n) is 3.76. The highest BCUT2D eigenvalue weighted by atomic mass is 16.1. The molecule has 0 aliphatic rings. The van der Waals surface area contributed by atoms with Gasteiger partial charge in [0.05, 0.1) is 0 Å². The molecule has 0 unspecified atom stereocenters. The number of aromatic nitrogens is 2. The summed E-state index contributed by atoms with van der Waals surface area (Å²) in [6.07, 6.45) is 7.13. The van der Waals surface area contributed by atoms with Crippen LogP contribution in [0.3, 0.4) is 0 Å². The van der Waals surface area contributed by atoms with Crippen LogP contribution in [0.15, 0.2) is 30.6 Å². The van der Waals surface area contributed by atoms with E-state index in [-0.39, 0.29) is 11.6 Å². The van der Waals surface area contributed by atoms with E-state index in [1.165, 1.54) is 0 Å². The van der Waals surface area contributed by atoms with Crippen molar-refractivity contribution >= 4 is 5.78 Å². The zero-order valence-corrected chi connectivity index (χ0v) is 6.90. The standard InChI is InChI=1S/C9H10N2O/c1-2-3-5-8(12)9-10-6-4-7-11-9/h2-4,6-7H,5H2,1H3/b3-2+. The lowest BCUT2D eigenvalue weighted by Crippen LogP contribution is -2.02. The summed E-state index contributed by atoms with van der Waals surface area (Å²) in [6.45, 7) is 1.87. The van der Waals surface area contributed by atoms with Gasteiger partial charge in [0.15, 0.2) is 5.82 Å². The third kappa shape index (κ3) is 2.27. The number of nitrogens with zero attached hydrogens (tertiary/aromatic N) is 2. The Labute approximate surface area is 71.2 Å². The Morgan fingerprint density at radius 3 is 2.75 bits per heavy atom. The molecule has 62 valence electrons. The van der Waals surface area contributed by atoms with Gasteiger partial charge in [0, 0.05) is 18.8 Å². The first kappa shape index (κ1) is 8.59. The maximum atomic E-state index is 11.2. The van der Waals surface area contributed by atoms with E-state index in [2.05, 4.69) is 9.97 Å². The van der Waals surface area contributed by atoms with Crippen LogP contribution in [0, 0.1) is 0 Å². The number of carbonyl (C=O) groups excluding carboxylic acids is 1. The molecule has 0 atom stereocenters. The lowest BCUT2D eigenvalue weighted by Gasteiger charge is -1.92. The van der Waals surface area contributed by atoms with E-state index in [4.69, 9.17) is 0 Å². The molecule has 3 heteroatoms. The molecule has 0 N–H and O–H groups in total. The van der Waals surface area contributed by atoms with Crippen molar-refractivity contribution in [3.63, 3.8) is 0 Å². The van der Waals surface area contributed by atoms with Crippen molar-refractivity contribution in [2.75, 3.05) is 0 Å². The van der Waals surface area contributed by atoms with Gasteiger partial charge < -0.3 is 0 Å². The van der Waals surface area contributed by atoms with Gasteiger partial charge >= 0.3 is 0 Å². The van der Waals surface area contributed by atoms with Crippen molar-refractivity contribution in [1.82, 2.24) is 9.97 Å². The average Bonchev–Trinajstić information content (AvgIpc) is 2.15. The molecule has 0 aliphatic heterocycles. The van der Waals surface area contributed by atoms with Gasteiger partial charge in [-0.1, -0.05) is 12.2 Å². The van der Waals surface area contributed by atoms with Crippen LogP contribution in [0.25, 0.3) is 0 Å². The van der Waals surface area contributed by atoms with Crippen LogP contribution in [0.1, 0.15) is 24.0 Å². The summed E-state index contributed by atoms with van der Waals surface area (Å²) >= 11 is 0. The molecule has 0 aliphatic carbocycles. The molecular formula is C9H10N2O. The predicted molar refractivity (Wildman–Crippen MR) is 45.8 cm³/mol. The average molecular weight is 162 g/mol. The van der Waals surface area contributed by atoms with Crippen LogP contribution in [0.2, 0.25) is 0 Å². The van der Waals surface area contributed by atoms with E-state index in [0.717, 1.165) is 0 Å². The molecular weight excluding hydrogens is 152 g/mol. The molecule has 3 nitrogen and oxygen atoms in total. The fourth-order valence-electron chi connectivity index (χ4n) is 0.759. The van der Waals surface area contributed by atoms with E-state index in [0.29, 0.717) is 6.42 Å². The topological polar surface area (TPSA) is 42.9 Å². The Morgan fingerprint density at radius 1 is 1.50 bits per heavy atom. The highest BCUT2D eigenvalue weighted by Gasteiger charge is 2.04. The molecule has 0 spiro atoms. The lowest BCUT2D eigenvalue weighted by molar-refractivity contribution is 0.0986. The third-order valence-corrected chi connectivity index (χ3v) is 1.35. The number of hydrogen-bond donors (Lipinski definition) is 0.